The van der Waals surface area contributed by atoms with E-state index in [9.17, 15) is 0 Å². The Morgan fingerprint density at radius 1 is 1.31 bits per heavy atom. The first-order valence-corrected chi connectivity index (χ1v) is 6.54. The molecule has 2 heteroatoms. The Kier molecular flexibility index (Phi) is 4.05. The molecule has 1 saturated carbocycles. The highest BCUT2D eigenvalue weighted by Crippen LogP contribution is 2.26. The van der Waals surface area contributed by atoms with Gasteiger partial charge in [-0.1, -0.05) is 19.3 Å². The zero-order chi connectivity index (χ0) is 11.4. The van der Waals surface area contributed by atoms with E-state index in [2.05, 4.69) is 18.3 Å². The first-order valence-electron chi connectivity index (χ1n) is 6.54. The Labute approximate surface area is 98.4 Å². The van der Waals surface area contributed by atoms with E-state index >= 15 is 0 Å². The molecule has 0 aliphatic heterocycles. The number of furan rings is 1. The van der Waals surface area contributed by atoms with Gasteiger partial charge in [0.05, 0.1) is 6.54 Å². The summed E-state index contributed by atoms with van der Waals surface area (Å²) in [6.45, 7) is 5.17. The van der Waals surface area contributed by atoms with Crippen LogP contribution in [0, 0.1) is 12.8 Å². The second kappa shape index (κ2) is 5.53. The van der Waals surface area contributed by atoms with E-state index in [-0.39, 0.29) is 0 Å². The standard InChI is InChI=1S/C14H23NO/c1-11-8-9-14(16-11)10-15-12(2)13-6-4-3-5-7-13/h8-9,12-13,15H,3-7,10H2,1-2H3. The minimum absolute atomic E-state index is 0.616. The van der Waals surface area contributed by atoms with Crippen molar-refractivity contribution < 1.29 is 4.42 Å². The van der Waals surface area contributed by atoms with Gasteiger partial charge in [0.1, 0.15) is 11.5 Å². The lowest BCUT2D eigenvalue weighted by molar-refractivity contribution is 0.275. The number of rotatable bonds is 4. The Morgan fingerprint density at radius 3 is 2.69 bits per heavy atom. The van der Waals surface area contributed by atoms with Gasteiger partial charge in [-0.2, -0.15) is 0 Å². The summed E-state index contributed by atoms with van der Waals surface area (Å²) in [6, 6.07) is 4.71. The summed E-state index contributed by atoms with van der Waals surface area (Å²) in [5.41, 5.74) is 0. The molecule has 1 unspecified atom stereocenters. The van der Waals surface area contributed by atoms with Gasteiger partial charge in [-0.3, -0.25) is 0 Å². The van der Waals surface area contributed by atoms with Gasteiger partial charge in [-0.05, 0) is 44.7 Å². The zero-order valence-corrected chi connectivity index (χ0v) is 10.5. The van der Waals surface area contributed by atoms with E-state index in [1.165, 1.54) is 32.1 Å². The van der Waals surface area contributed by atoms with Gasteiger partial charge in [-0.25, -0.2) is 0 Å². The van der Waals surface area contributed by atoms with Crippen LogP contribution >= 0.6 is 0 Å². The fraction of sp³-hybridized carbons (Fsp3) is 0.714. The molecule has 1 aliphatic rings. The van der Waals surface area contributed by atoms with Crippen LogP contribution < -0.4 is 5.32 Å². The predicted octanol–water partition coefficient (Wildman–Crippen LogP) is 3.65. The van der Waals surface area contributed by atoms with Crippen molar-refractivity contribution >= 4 is 0 Å². The van der Waals surface area contributed by atoms with Gasteiger partial charge in [0, 0.05) is 6.04 Å². The monoisotopic (exact) mass is 221 g/mol. The fourth-order valence-corrected chi connectivity index (χ4v) is 2.64. The molecule has 0 bridgehead atoms. The third-order valence-corrected chi connectivity index (χ3v) is 3.75. The average Bonchev–Trinajstić information content (AvgIpc) is 2.73. The summed E-state index contributed by atoms with van der Waals surface area (Å²) < 4.78 is 5.56. The van der Waals surface area contributed by atoms with Gasteiger partial charge < -0.3 is 9.73 Å². The molecule has 1 aromatic heterocycles. The first-order chi connectivity index (χ1) is 7.75. The van der Waals surface area contributed by atoms with E-state index in [1.807, 2.05) is 13.0 Å². The second-order valence-electron chi connectivity index (χ2n) is 5.08. The average molecular weight is 221 g/mol. The van der Waals surface area contributed by atoms with Gasteiger partial charge >= 0.3 is 0 Å². The SMILES string of the molecule is Cc1ccc(CNC(C)C2CCCCC2)o1. The van der Waals surface area contributed by atoms with Crippen LogP contribution in [0.5, 0.6) is 0 Å². The highest BCUT2D eigenvalue weighted by molar-refractivity contribution is 5.05. The largest absolute Gasteiger partial charge is 0.465 e. The molecule has 0 saturated heterocycles. The van der Waals surface area contributed by atoms with Crippen LogP contribution in [0.4, 0.5) is 0 Å². The van der Waals surface area contributed by atoms with Crippen LogP contribution in [0.25, 0.3) is 0 Å². The van der Waals surface area contributed by atoms with E-state index in [0.29, 0.717) is 6.04 Å². The van der Waals surface area contributed by atoms with Crippen LogP contribution in [-0.2, 0) is 6.54 Å². The van der Waals surface area contributed by atoms with Crippen molar-refractivity contribution in [3.63, 3.8) is 0 Å². The Morgan fingerprint density at radius 2 is 2.06 bits per heavy atom. The van der Waals surface area contributed by atoms with Crippen LogP contribution in [0.1, 0.15) is 50.5 Å². The molecule has 1 aromatic rings. The minimum Gasteiger partial charge on any atom is -0.465 e. The predicted molar refractivity (Wildman–Crippen MR) is 66.3 cm³/mol. The van der Waals surface area contributed by atoms with Crippen molar-refractivity contribution in [3.05, 3.63) is 23.7 Å². The van der Waals surface area contributed by atoms with Crippen molar-refractivity contribution in [1.29, 1.82) is 0 Å². The Hall–Kier alpha value is -0.760. The molecule has 16 heavy (non-hydrogen) atoms. The van der Waals surface area contributed by atoms with Crippen LogP contribution in [0.2, 0.25) is 0 Å². The summed E-state index contributed by atoms with van der Waals surface area (Å²) in [6.07, 6.45) is 7.05. The number of hydrogen-bond acceptors (Lipinski definition) is 2. The maximum Gasteiger partial charge on any atom is 0.117 e. The molecule has 2 rings (SSSR count). The van der Waals surface area contributed by atoms with Crippen LogP contribution in [0.15, 0.2) is 16.5 Å². The Bertz CT molecular complexity index is 312. The smallest absolute Gasteiger partial charge is 0.117 e. The summed E-state index contributed by atoms with van der Waals surface area (Å²) in [4.78, 5) is 0. The summed E-state index contributed by atoms with van der Waals surface area (Å²) in [7, 11) is 0. The van der Waals surface area contributed by atoms with E-state index in [1.54, 1.807) is 0 Å². The molecule has 2 nitrogen and oxygen atoms in total. The molecular weight excluding hydrogens is 198 g/mol. The molecule has 0 spiro atoms. The lowest BCUT2D eigenvalue weighted by atomic mass is 9.84. The van der Waals surface area contributed by atoms with Gasteiger partial charge in [-0.15, -0.1) is 0 Å². The molecule has 1 aliphatic carbocycles. The van der Waals surface area contributed by atoms with E-state index < -0.39 is 0 Å². The highest BCUT2D eigenvalue weighted by Gasteiger charge is 2.19. The maximum absolute atomic E-state index is 5.56. The van der Waals surface area contributed by atoms with Gasteiger partial charge in [0.25, 0.3) is 0 Å². The molecule has 1 atom stereocenters. The zero-order valence-electron chi connectivity index (χ0n) is 10.5. The first kappa shape index (κ1) is 11.7. The number of aryl methyl sites for hydroxylation is 1. The Balaban J connectivity index is 1.76. The topological polar surface area (TPSA) is 25.2 Å². The third kappa shape index (κ3) is 3.11. The summed E-state index contributed by atoms with van der Waals surface area (Å²) in [5, 5.41) is 3.59. The molecule has 1 heterocycles. The number of nitrogens with one attached hydrogen (secondary N) is 1. The second-order valence-corrected chi connectivity index (χ2v) is 5.08. The molecule has 1 N–H and O–H groups in total. The van der Waals surface area contributed by atoms with Crippen molar-refractivity contribution in [3.8, 4) is 0 Å². The molecule has 90 valence electrons. The third-order valence-electron chi connectivity index (χ3n) is 3.75. The van der Waals surface area contributed by atoms with Crippen LogP contribution in [-0.4, -0.2) is 6.04 Å². The molecule has 0 radical (unpaired) electrons. The van der Waals surface area contributed by atoms with Crippen molar-refractivity contribution in [1.82, 2.24) is 5.32 Å². The fourth-order valence-electron chi connectivity index (χ4n) is 2.64. The van der Waals surface area contributed by atoms with Crippen molar-refractivity contribution in [2.24, 2.45) is 5.92 Å². The van der Waals surface area contributed by atoms with E-state index in [4.69, 9.17) is 4.42 Å². The highest BCUT2D eigenvalue weighted by atomic mass is 16.3. The summed E-state index contributed by atoms with van der Waals surface area (Å²) in [5.74, 6) is 2.92. The van der Waals surface area contributed by atoms with E-state index in [0.717, 1.165) is 24.0 Å². The number of hydrogen-bond donors (Lipinski definition) is 1. The summed E-state index contributed by atoms with van der Waals surface area (Å²) >= 11 is 0. The molecule has 1 fully saturated rings. The van der Waals surface area contributed by atoms with Crippen molar-refractivity contribution in [2.75, 3.05) is 0 Å². The lowest BCUT2D eigenvalue weighted by Gasteiger charge is -2.28. The minimum atomic E-state index is 0.616. The van der Waals surface area contributed by atoms with Gasteiger partial charge in [0.2, 0.25) is 0 Å². The van der Waals surface area contributed by atoms with Gasteiger partial charge in [0.15, 0.2) is 0 Å². The lowest BCUT2D eigenvalue weighted by Crippen LogP contribution is -2.34. The maximum atomic E-state index is 5.56. The molecule has 0 amide bonds. The van der Waals surface area contributed by atoms with Crippen LogP contribution in [0.3, 0.4) is 0 Å². The normalized spacial score (nSPS) is 19.9. The molecule has 0 aromatic carbocycles. The quantitative estimate of drug-likeness (QED) is 0.839. The molecular formula is C14H23NO. The van der Waals surface area contributed by atoms with Crippen molar-refractivity contribution in [2.45, 2.75) is 58.5 Å².